The number of piperidine rings is 1. The summed E-state index contributed by atoms with van der Waals surface area (Å²) in [4.78, 5) is 14.0. The maximum atomic E-state index is 14.4. The highest BCUT2D eigenvalue weighted by Gasteiger charge is 2.32. The Balaban J connectivity index is 2.02. The van der Waals surface area contributed by atoms with Gasteiger partial charge in [-0.05, 0) is 43.5 Å². The van der Waals surface area contributed by atoms with Gasteiger partial charge in [0.25, 0.3) is 5.91 Å². The molecule has 0 spiro atoms. The van der Waals surface area contributed by atoms with Crippen LogP contribution >= 0.6 is 0 Å². The largest absolute Gasteiger partial charge is 0.355 e. The summed E-state index contributed by atoms with van der Waals surface area (Å²) in [6.45, 7) is 2.05. The maximum absolute atomic E-state index is 14.4. The predicted octanol–water partition coefficient (Wildman–Crippen LogP) is 2.27. The molecule has 1 atom stereocenters. The fraction of sp³-hybridized carbons (Fsp3) is 0.533. The molecular formula is C15H19FN2O. The first-order chi connectivity index (χ1) is 9.20. The van der Waals surface area contributed by atoms with E-state index in [1.807, 2.05) is 6.07 Å². The molecule has 3 nitrogen and oxygen atoms in total. The molecule has 1 N–H and O–H groups in total. The van der Waals surface area contributed by atoms with Crippen LogP contribution in [-0.2, 0) is 6.42 Å². The second-order valence-corrected chi connectivity index (χ2v) is 5.41. The molecule has 0 saturated carbocycles. The normalized spacial score (nSPS) is 22.5. The van der Waals surface area contributed by atoms with Gasteiger partial charge in [-0.3, -0.25) is 9.69 Å². The van der Waals surface area contributed by atoms with Crippen molar-refractivity contribution in [1.29, 1.82) is 0 Å². The van der Waals surface area contributed by atoms with Crippen LogP contribution in [0.1, 0.15) is 46.8 Å². The van der Waals surface area contributed by atoms with Crippen molar-refractivity contribution < 1.29 is 9.18 Å². The number of amides is 1. The third-order valence-corrected chi connectivity index (χ3v) is 4.32. The van der Waals surface area contributed by atoms with Crippen LogP contribution in [0.5, 0.6) is 0 Å². The molecule has 2 heterocycles. The molecule has 1 unspecified atom stereocenters. The second-order valence-electron chi connectivity index (χ2n) is 5.41. The molecule has 2 aliphatic heterocycles. The molecular weight excluding hydrogens is 243 g/mol. The van der Waals surface area contributed by atoms with Crippen molar-refractivity contribution >= 4 is 5.91 Å². The molecule has 2 aliphatic rings. The van der Waals surface area contributed by atoms with Gasteiger partial charge in [-0.15, -0.1) is 0 Å². The number of hydrogen-bond donors (Lipinski definition) is 1. The van der Waals surface area contributed by atoms with Crippen molar-refractivity contribution in [3.63, 3.8) is 0 Å². The zero-order chi connectivity index (χ0) is 13.4. The molecule has 1 fully saturated rings. The SMILES string of the molecule is CNC(=O)c1cc(F)c2c(c1)CCN1CCCCC21. The van der Waals surface area contributed by atoms with Gasteiger partial charge in [-0.25, -0.2) is 4.39 Å². The van der Waals surface area contributed by atoms with Gasteiger partial charge in [0.15, 0.2) is 0 Å². The fourth-order valence-corrected chi connectivity index (χ4v) is 3.38. The Morgan fingerprint density at radius 2 is 2.21 bits per heavy atom. The quantitative estimate of drug-likeness (QED) is 0.842. The number of halogens is 1. The van der Waals surface area contributed by atoms with Gasteiger partial charge >= 0.3 is 0 Å². The first-order valence-corrected chi connectivity index (χ1v) is 6.99. The molecule has 4 heteroatoms. The first-order valence-electron chi connectivity index (χ1n) is 6.99. The van der Waals surface area contributed by atoms with E-state index in [-0.39, 0.29) is 17.8 Å². The molecule has 19 heavy (non-hydrogen) atoms. The Hall–Kier alpha value is -1.42. The van der Waals surface area contributed by atoms with E-state index in [1.54, 1.807) is 7.05 Å². The van der Waals surface area contributed by atoms with Crippen LogP contribution in [-0.4, -0.2) is 30.9 Å². The molecule has 0 bridgehead atoms. The topological polar surface area (TPSA) is 32.3 Å². The number of nitrogens with zero attached hydrogens (tertiary/aromatic N) is 1. The minimum absolute atomic E-state index is 0.215. The van der Waals surface area contributed by atoms with Gasteiger partial charge in [0.2, 0.25) is 0 Å². The van der Waals surface area contributed by atoms with Crippen molar-refractivity contribution in [3.8, 4) is 0 Å². The van der Waals surface area contributed by atoms with Crippen LogP contribution < -0.4 is 5.32 Å². The molecule has 0 aromatic heterocycles. The molecule has 0 aliphatic carbocycles. The molecule has 3 rings (SSSR count). The van der Waals surface area contributed by atoms with Gasteiger partial charge in [-0.1, -0.05) is 6.42 Å². The van der Waals surface area contributed by atoms with Crippen molar-refractivity contribution in [3.05, 3.63) is 34.6 Å². The highest BCUT2D eigenvalue weighted by molar-refractivity contribution is 5.94. The minimum Gasteiger partial charge on any atom is -0.355 e. The average molecular weight is 262 g/mol. The lowest BCUT2D eigenvalue weighted by atomic mass is 9.85. The molecule has 1 saturated heterocycles. The van der Waals surface area contributed by atoms with E-state index in [0.717, 1.165) is 43.5 Å². The summed E-state index contributed by atoms with van der Waals surface area (Å²) < 4.78 is 14.4. The monoisotopic (exact) mass is 262 g/mol. The lowest BCUT2D eigenvalue weighted by molar-refractivity contribution is 0.0961. The van der Waals surface area contributed by atoms with Crippen molar-refractivity contribution in [2.24, 2.45) is 0 Å². The van der Waals surface area contributed by atoms with E-state index in [0.29, 0.717) is 5.56 Å². The van der Waals surface area contributed by atoms with Crippen LogP contribution in [0, 0.1) is 5.82 Å². The molecule has 102 valence electrons. The van der Waals surface area contributed by atoms with Gasteiger partial charge in [0.1, 0.15) is 5.82 Å². The Bertz CT molecular complexity index is 515. The summed E-state index contributed by atoms with van der Waals surface area (Å²) in [5, 5.41) is 2.56. The Labute approximate surface area is 112 Å². The zero-order valence-electron chi connectivity index (χ0n) is 11.2. The number of fused-ring (bicyclic) bond motifs is 3. The second kappa shape index (κ2) is 4.93. The van der Waals surface area contributed by atoms with Gasteiger partial charge in [0.05, 0.1) is 0 Å². The number of carbonyl (C=O) groups is 1. The maximum Gasteiger partial charge on any atom is 0.251 e. The Kier molecular flexibility index (Phi) is 3.27. The number of hydrogen-bond acceptors (Lipinski definition) is 2. The van der Waals surface area contributed by atoms with E-state index in [4.69, 9.17) is 0 Å². The van der Waals surface area contributed by atoms with E-state index in [2.05, 4.69) is 10.2 Å². The molecule has 1 amide bonds. The highest BCUT2D eigenvalue weighted by atomic mass is 19.1. The fourth-order valence-electron chi connectivity index (χ4n) is 3.38. The van der Waals surface area contributed by atoms with Crippen LogP contribution in [0.2, 0.25) is 0 Å². The first kappa shape index (κ1) is 12.6. The lowest BCUT2D eigenvalue weighted by Crippen LogP contribution is -2.39. The van der Waals surface area contributed by atoms with Crippen LogP contribution in [0.4, 0.5) is 4.39 Å². The summed E-state index contributed by atoms with van der Waals surface area (Å²) in [6, 6.07) is 3.47. The summed E-state index contributed by atoms with van der Waals surface area (Å²) in [5.41, 5.74) is 2.28. The zero-order valence-corrected chi connectivity index (χ0v) is 11.2. The Morgan fingerprint density at radius 3 is 3.00 bits per heavy atom. The predicted molar refractivity (Wildman–Crippen MR) is 71.7 cm³/mol. The van der Waals surface area contributed by atoms with E-state index >= 15 is 0 Å². The summed E-state index contributed by atoms with van der Waals surface area (Å²) in [7, 11) is 1.57. The summed E-state index contributed by atoms with van der Waals surface area (Å²) >= 11 is 0. The Morgan fingerprint density at radius 1 is 1.37 bits per heavy atom. The smallest absolute Gasteiger partial charge is 0.251 e. The number of rotatable bonds is 1. The van der Waals surface area contributed by atoms with Crippen LogP contribution in [0.3, 0.4) is 0 Å². The highest BCUT2D eigenvalue weighted by Crippen LogP contribution is 2.38. The van der Waals surface area contributed by atoms with Gasteiger partial charge in [0, 0.05) is 30.8 Å². The molecule has 1 aromatic rings. The van der Waals surface area contributed by atoms with Crippen molar-refractivity contribution in [1.82, 2.24) is 10.2 Å². The van der Waals surface area contributed by atoms with Gasteiger partial charge < -0.3 is 5.32 Å². The number of carbonyl (C=O) groups excluding carboxylic acids is 1. The van der Waals surface area contributed by atoms with Gasteiger partial charge in [-0.2, -0.15) is 0 Å². The van der Waals surface area contributed by atoms with E-state index in [1.165, 1.54) is 12.5 Å². The summed E-state index contributed by atoms with van der Waals surface area (Å²) in [6.07, 6.45) is 4.25. The third-order valence-electron chi connectivity index (χ3n) is 4.32. The minimum atomic E-state index is -0.215. The van der Waals surface area contributed by atoms with Crippen LogP contribution in [0.15, 0.2) is 12.1 Å². The average Bonchev–Trinajstić information content (AvgIpc) is 2.45. The van der Waals surface area contributed by atoms with E-state index < -0.39 is 0 Å². The van der Waals surface area contributed by atoms with E-state index in [9.17, 15) is 9.18 Å². The summed E-state index contributed by atoms with van der Waals surface area (Å²) in [5.74, 6) is -0.430. The standard InChI is InChI=1S/C15H19FN2O/c1-17-15(19)11-8-10-5-7-18-6-3-2-4-13(18)14(10)12(16)9-11/h8-9,13H,2-7H2,1H3,(H,17,19). The van der Waals surface area contributed by atoms with Crippen molar-refractivity contribution in [2.75, 3.05) is 20.1 Å². The molecule has 0 radical (unpaired) electrons. The molecule has 1 aromatic carbocycles. The lowest BCUT2D eigenvalue weighted by Gasteiger charge is -2.40. The van der Waals surface area contributed by atoms with Crippen molar-refractivity contribution in [2.45, 2.75) is 31.7 Å². The number of benzene rings is 1. The van der Waals surface area contributed by atoms with Crippen LogP contribution in [0.25, 0.3) is 0 Å². The third kappa shape index (κ3) is 2.14. The number of nitrogens with one attached hydrogen (secondary N) is 1.